The van der Waals surface area contributed by atoms with Crippen molar-refractivity contribution in [1.29, 1.82) is 0 Å². The number of nitrogens with one attached hydrogen (secondary N) is 1. The highest BCUT2D eigenvalue weighted by Gasteiger charge is 2.15. The van der Waals surface area contributed by atoms with Crippen LogP contribution in [-0.2, 0) is 11.3 Å². The zero-order chi connectivity index (χ0) is 21.3. The van der Waals surface area contributed by atoms with Crippen molar-refractivity contribution in [3.8, 4) is 5.69 Å². The zero-order valence-electron chi connectivity index (χ0n) is 16.6. The molecule has 0 saturated carbocycles. The van der Waals surface area contributed by atoms with E-state index in [1.807, 2.05) is 31.2 Å². The second-order valence-corrected chi connectivity index (χ2v) is 7.43. The lowest BCUT2D eigenvalue weighted by Crippen LogP contribution is -2.26. The topological polar surface area (TPSA) is 81.8 Å². The van der Waals surface area contributed by atoms with Crippen LogP contribution in [0, 0.1) is 13.8 Å². The van der Waals surface area contributed by atoms with E-state index in [1.54, 1.807) is 35.9 Å². The van der Waals surface area contributed by atoms with Crippen LogP contribution in [0.4, 0.5) is 5.69 Å². The fourth-order valence-electron chi connectivity index (χ4n) is 3.23. The molecule has 2 heterocycles. The van der Waals surface area contributed by atoms with Crippen molar-refractivity contribution in [2.24, 2.45) is 0 Å². The number of aromatic nitrogens is 4. The number of nitrogens with zero attached hydrogens (tertiary/aromatic N) is 4. The van der Waals surface area contributed by atoms with E-state index in [4.69, 9.17) is 11.6 Å². The van der Waals surface area contributed by atoms with E-state index in [1.165, 1.54) is 10.8 Å². The van der Waals surface area contributed by atoms with Crippen molar-refractivity contribution in [2.45, 2.75) is 26.8 Å². The minimum atomic E-state index is -0.232. The van der Waals surface area contributed by atoms with Crippen molar-refractivity contribution < 1.29 is 4.79 Å². The molecule has 0 bridgehead atoms. The normalized spacial score (nSPS) is 11.0. The summed E-state index contributed by atoms with van der Waals surface area (Å²) in [6, 6.07) is 14.8. The Morgan fingerprint density at radius 1 is 1.10 bits per heavy atom. The molecular weight excluding hydrogens is 402 g/mol. The first-order valence-corrected chi connectivity index (χ1v) is 9.88. The first-order valence-electron chi connectivity index (χ1n) is 9.50. The Balaban J connectivity index is 1.58. The zero-order valence-corrected chi connectivity index (χ0v) is 17.3. The first kappa shape index (κ1) is 19.8. The third kappa shape index (κ3) is 3.84. The molecule has 4 rings (SSSR count). The molecule has 0 fully saturated rings. The number of anilines is 1. The predicted molar refractivity (Wildman–Crippen MR) is 117 cm³/mol. The summed E-state index contributed by atoms with van der Waals surface area (Å²) in [5.41, 5.74) is 2.79. The highest BCUT2D eigenvalue weighted by atomic mass is 35.5. The van der Waals surface area contributed by atoms with E-state index in [0.717, 1.165) is 11.3 Å². The lowest BCUT2D eigenvalue weighted by atomic mass is 10.2. The number of halogens is 1. The fraction of sp³-hybridized carbons (Fsp3) is 0.182. The van der Waals surface area contributed by atoms with E-state index in [9.17, 15) is 9.59 Å². The van der Waals surface area contributed by atoms with Crippen LogP contribution in [0.15, 0.2) is 59.5 Å². The van der Waals surface area contributed by atoms with Gasteiger partial charge in [0.1, 0.15) is 11.2 Å². The maximum Gasteiger partial charge on any atom is 0.264 e. The average Bonchev–Trinajstić information content (AvgIpc) is 3.14. The smallest absolute Gasteiger partial charge is 0.264 e. The third-order valence-corrected chi connectivity index (χ3v) is 5.20. The molecule has 0 aliphatic heterocycles. The summed E-state index contributed by atoms with van der Waals surface area (Å²) in [4.78, 5) is 29.9. The highest BCUT2D eigenvalue weighted by molar-refractivity contribution is 6.33. The number of aryl methyl sites for hydroxylation is 2. The van der Waals surface area contributed by atoms with Crippen LogP contribution < -0.4 is 10.9 Å². The Labute approximate surface area is 177 Å². The number of hydrogen-bond acceptors (Lipinski definition) is 4. The van der Waals surface area contributed by atoms with Crippen LogP contribution in [0.3, 0.4) is 0 Å². The van der Waals surface area contributed by atoms with Crippen molar-refractivity contribution >= 4 is 34.2 Å². The van der Waals surface area contributed by atoms with Crippen molar-refractivity contribution in [3.63, 3.8) is 0 Å². The standard InChI is InChI=1S/C22H20ClN5O2/c1-14-7-9-16(10-8-14)28-21-17(13-24-28)22(30)27(15(2)25-21)12-11-20(29)26-19-6-4-3-5-18(19)23/h3-10,13H,11-12H2,1-2H3,(H,26,29). The Kier molecular flexibility index (Phi) is 5.37. The molecule has 2 aromatic heterocycles. The molecule has 0 radical (unpaired) electrons. The van der Waals surface area contributed by atoms with Gasteiger partial charge in [-0.25, -0.2) is 9.67 Å². The van der Waals surface area contributed by atoms with E-state index in [-0.39, 0.29) is 24.4 Å². The molecule has 8 heteroatoms. The molecule has 0 aliphatic rings. The number of carbonyl (C=O) groups is 1. The molecular formula is C22H20ClN5O2. The van der Waals surface area contributed by atoms with E-state index >= 15 is 0 Å². The molecule has 7 nitrogen and oxygen atoms in total. The van der Waals surface area contributed by atoms with Gasteiger partial charge in [-0.05, 0) is 38.1 Å². The van der Waals surface area contributed by atoms with Crippen LogP contribution in [-0.4, -0.2) is 25.2 Å². The van der Waals surface area contributed by atoms with Gasteiger partial charge in [-0.3, -0.25) is 14.2 Å². The van der Waals surface area contributed by atoms with Crippen LogP contribution in [0.5, 0.6) is 0 Å². The summed E-state index contributed by atoms with van der Waals surface area (Å²) in [5.74, 6) is 0.289. The van der Waals surface area contributed by atoms with Crippen LogP contribution in [0.25, 0.3) is 16.7 Å². The van der Waals surface area contributed by atoms with Crippen molar-refractivity contribution in [1.82, 2.24) is 19.3 Å². The molecule has 30 heavy (non-hydrogen) atoms. The van der Waals surface area contributed by atoms with E-state index in [2.05, 4.69) is 15.4 Å². The second kappa shape index (κ2) is 8.12. The molecule has 1 N–H and O–H groups in total. The van der Waals surface area contributed by atoms with Gasteiger partial charge in [-0.1, -0.05) is 41.4 Å². The molecule has 4 aromatic rings. The number of carbonyl (C=O) groups excluding carboxylic acids is 1. The fourth-order valence-corrected chi connectivity index (χ4v) is 3.42. The lowest BCUT2D eigenvalue weighted by Gasteiger charge is -2.11. The number of fused-ring (bicyclic) bond motifs is 1. The van der Waals surface area contributed by atoms with Gasteiger partial charge in [0.25, 0.3) is 5.56 Å². The molecule has 2 aromatic carbocycles. The summed E-state index contributed by atoms with van der Waals surface area (Å²) >= 11 is 6.07. The monoisotopic (exact) mass is 421 g/mol. The largest absolute Gasteiger partial charge is 0.325 e. The average molecular weight is 422 g/mol. The molecule has 0 aliphatic carbocycles. The molecule has 152 valence electrons. The summed E-state index contributed by atoms with van der Waals surface area (Å²) in [5, 5.41) is 7.98. The van der Waals surface area contributed by atoms with Crippen LogP contribution >= 0.6 is 11.6 Å². The Hall–Kier alpha value is -3.45. The summed E-state index contributed by atoms with van der Waals surface area (Å²) in [7, 11) is 0. The lowest BCUT2D eigenvalue weighted by molar-refractivity contribution is -0.116. The molecule has 0 unspecified atom stereocenters. The number of amides is 1. The Bertz CT molecular complexity index is 1290. The molecule has 0 atom stereocenters. The summed E-state index contributed by atoms with van der Waals surface area (Å²) in [6.07, 6.45) is 1.63. The number of rotatable bonds is 5. The molecule has 1 amide bonds. The van der Waals surface area contributed by atoms with Crippen molar-refractivity contribution in [3.05, 3.63) is 81.5 Å². The predicted octanol–water partition coefficient (Wildman–Crippen LogP) is 3.88. The maximum absolute atomic E-state index is 13.0. The van der Waals surface area contributed by atoms with Gasteiger partial charge in [0.15, 0.2) is 5.65 Å². The number of benzene rings is 2. The number of hydrogen-bond donors (Lipinski definition) is 1. The van der Waals surface area contributed by atoms with Gasteiger partial charge < -0.3 is 5.32 Å². The minimum absolute atomic E-state index is 0.116. The minimum Gasteiger partial charge on any atom is -0.325 e. The summed E-state index contributed by atoms with van der Waals surface area (Å²) < 4.78 is 3.15. The Morgan fingerprint density at radius 2 is 1.83 bits per heavy atom. The van der Waals surface area contributed by atoms with Crippen LogP contribution in [0.1, 0.15) is 17.8 Å². The van der Waals surface area contributed by atoms with Crippen LogP contribution in [0.2, 0.25) is 5.02 Å². The van der Waals surface area contributed by atoms with Gasteiger partial charge >= 0.3 is 0 Å². The molecule has 0 saturated heterocycles. The van der Waals surface area contributed by atoms with Gasteiger partial charge in [0, 0.05) is 13.0 Å². The molecule has 0 spiro atoms. The van der Waals surface area contributed by atoms with Gasteiger partial charge in [0.2, 0.25) is 5.91 Å². The Morgan fingerprint density at radius 3 is 2.57 bits per heavy atom. The van der Waals surface area contributed by atoms with Gasteiger partial charge in [0.05, 0.1) is 22.6 Å². The SMILES string of the molecule is Cc1ccc(-n2ncc3c(=O)n(CCC(=O)Nc4ccccc4Cl)c(C)nc32)cc1. The highest BCUT2D eigenvalue weighted by Crippen LogP contribution is 2.20. The van der Waals surface area contributed by atoms with Gasteiger partial charge in [-0.15, -0.1) is 0 Å². The third-order valence-electron chi connectivity index (χ3n) is 4.87. The quantitative estimate of drug-likeness (QED) is 0.530. The van der Waals surface area contributed by atoms with E-state index in [0.29, 0.717) is 27.6 Å². The van der Waals surface area contributed by atoms with Crippen molar-refractivity contribution in [2.75, 3.05) is 5.32 Å². The maximum atomic E-state index is 13.0. The second-order valence-electron chi connectivity index (χ2n) is 7.02. The number of para-hydroxylation sites is 1. The van der Waals surface area contributed by atoms with E-state index < -0.39 is 0 Å². The summed E-state index contributed by atoms with van der Waals surface area (Å²) in [6.45, 7) is 3.97. The first-order chi connectivity index (χ1) is 14.4. The van der Waals surface area contributed by atoms with Gasteiger partial charge in [-0.2, -0.15) is 5.10 Å².